The topological polar surface area (TPSA) is 9.23 Å². The zero-order chi connectivity index (χ0) is 7.11. The van der Waals surface area contributed by atoms with E-state index in [1.54, 1.807) is 7.11 Å². The van der Waals surface area contributed by atoms with E-state index in [2.05, 4.69) is 0 Å². The Morgan fingerprint density at radius 3 is 2.67 bits per heavy atom. The first kappa shape index (κ1) is 8.79. The molecule has 0 spiro atoms. The van der Waals surface area contributed by atoms with Gasteiger partial charge < -0.3 is 4.18 Å². The van der Waals surface area contributed by atoms with Gasteiger partial charge in [0.15, 0.2) is 0 Å². The second-order valence-electron chi connectivity index (χ2n) is 1.55. The molecule has 0 aliphatic rings. The van der Waals surface area contributed by atoms with Gasteiger partial charge in [0.25, 0.3) is 0 Å². The Morgan fingerprint density at radius 2 is 2.22 bits per heavy atom. The van der Waals surface area contributed by atoms with Gasteiger partial charge in [-0.2, -0.15) is 0 Å². The normalized spacial score (nSPS) is 13.0. The van der Waals surface area contributed by atoms with Crippen LogP contribution in [0.3, 0.4) is 0 Å². The van der Waals surface area contributed by atoms with E-state index in [-0.39, 0.29) is 0 Å². The zero-order valence-electron chi connectivity index (χ0n) is 6.05. The minimum Gasteiger partial charge on any atom is -0.314 e. The first-order chi connectivity index (χ1) is 4.31. The Kier molecular flexibility index (Phi) is 5.78. The molecule has 52 valence electrons. The van der Waals surface area contributed by atoms with Crippen molar-refractivity contribution in [3.63, 3.8) is 0 Å². The average molecular weight is 144 g/mol. The van der Waals surface area contributed by atoms with Crippen molar-refractivity contribution < 1.29 is 4.18 Å². The highest BCUT2D eigenvalue weighted by atomic mass is 32.2. The third kappa shape index (κ3) is 5.66. The Hall–Kier alpha value is -0.210. The predicted octanol–water partition coefficient (Wildman–Crippen LogP) is 2.76. The number of rotatable bonds is 3. The molecule has 0 rings (SSSR count). The van der Waals surface area contributed by atoms with Gasteiger partial charge in [-0.3, -0.25) is 0 Å². The lowest BCUT2D eigenvalue weighted by Crippen LogP contribution is -1.66. The predicted molar refractivity (Wildman–Crippen MR) is 43.2 cm³/mol. The molecule has 0 saturated carbocycles. The van der Waals surface area contributed by atoms with Gasteiger partial charge in [0.1, 0.15) is 0 Å². The minimum atomic E-state index is 1.16. The highest BCUT2D eigenvalue weighted by Gasteiger charge is 1.83. The molecular formula is C7H12OS. The highest BCUT2D eigenvalue weighted by Crippen LogP contribution is 2.13. The number of hydrogen-bond donors (Lipinski definition) is 0. The summed E-state index contributed by atoms with van der Waals surface area (Å²) in [6, 6.07) is 0. The van der Waals surface area contributed by atoms with Crippen molar-refractivity contribution in [2.24, 2.45) is 0 Å². The van der Waals surface area contributed by atoms with Crippen LogP contribution in [0.1, 0.15) is 13.8 Å². The third-order valence-electron chi connectivity index (χ3n) is 0.738. The van der Waals surface area contributed by atoms with Crippen LogP contribution in [0.15, 0.2) is 23.1 Å². The van der Waals surface area contributed by atoms with Crippen molar-refractivity contribution >= 4 is 12.0 Å². The van der Waals surface area contributed by atoms with Crippen LogP contribution < -0.4 is 0 Å². The van der Waals surface area contributed by atoms with Gasteiger partial charge in [-0.1, -0.05) is 18.2 Å². The maximum Gasteiger partial charge on any atom is 0.0508 e. The fraction of sp³-hybridized carbons (Fsp3) is 0.429. The third-order valence-corrected chi connectivity index (χ3v) is 1.30. The highest BCUT2D eigenvalue weighted by molar-refractivity contribution is 7.98. The Bertz CT molecular complexity index is 116. The fourth-order valence-corrected chi connectivity index (χ4v) is 0.788. The summed E-state index contributed by atoms with van der Waals surface area (Å²) in [5.41, 5.74) is 0. The van der Waals surface area contributed by atoms with Crippen LogP contribution in [-0.4, -0.2) is 7.11 Å². The van der Waals surface area contributed by atoms with E-state index in [9.17, 15) is 0 Å². The van der Waals surface area contributed by atoms with E-state index in [1.807, 2.05) is 32.1 Å². The van der Waals surface area contributed by atoms with Crippen molar-refractivity contribution in [2.45, 2.75) is 13.8 Å². The van der Waals surface area contributed by atoms with Gasteiger partial charge >= 0.3 is 0 Å². The van der Waals surface area contributed by atoms with Gasteiger partial charge in [0, 0.05) is 16.9 Å². The summed E-state index contributed by atoms with van der Waals surface area (Å²) in [6.45, 7) is 4.00. The first-order valence-electron chi connectivity index (χ1n) is 2.81. The molecule has 0 amide bonds. The summed E-state index contributed by atoms with van der Waals surface area (Å²) in [6.07, 6.45) is 5.98. The molecule has 0 aromatic rings. The summed E-state index contributed by atoms with van der Waals surface area (Å²) in [4.78, 5) is 1.16. The van der Waals surface area contributed by atoms with Crippen LogP contribution in [0, 0.1) is 0 Å². The number of allylic oxidation sites excluding steroid dienone is 4. The van der Waals surface area contributed by atoms with E-state index >= 15 is 0 Å². The van der Waals surface area contributed by atoms with Crippen LogP contribution >= 0.6 is 12.0 Å². The Labute approximate surface area is 61.0 Å². The smallest absolute Gasteiger partial charge is 0.0508 e. The summed E-state index contributed by atoms with van der Waals surface area (Å²) in [5, 5.41) is 0. The summed E-state index contributed by atoms with van der Waals surface area (Å²) in [7, 11) is 1.66. The summed E-state index contributed by atoms with van der Waals surface area (Å²) in [5.74, 6) is 0. The van der Waals surface area contributed by atoms with Gasteiger partial charge in [0.2, 0.25) is 0 Å². The minimum absolute atomic E-state index is 1.16. The molecule has 0 aromatic heterocycles. The second-order valence-corrected chi connectivity index (χ2v) is 2.70. The molecule has 0 bridgehead atoms. The van der Waals surface area contributed by atoms with Crippen LogP contribution in [-0.2, 0) is 4.18 Å². The molecule has 2 heteroatoms. The van der Waals surface area contributed by atoms with E-state index < -0.39 is 0 Å². The van der Waals surface area contributed by atoms with Gasteiger partial charge in [-0.05, 0) is 13.8 Å². The lowest BCUT2D eigenvalue weighted by molar-refractivity contribution is 0.493. The molecule has 0 saturated heterocycles. The standard InChI is InChI=1S/C7H12OS/c1-4-5-6-7(2)9-8-3/h4-6H,1-3H3/b5-4-,7-6+. The monoisotopic (exact) mass is 144 g/mol. The lowest BCUT2D eigenvalue weighted by atomic mass is 10.5. The van der Waals surface area contributed by atoms with Gasteiger partial charge in [-0.15, -0.1) is 0 Å². The molecule has 0 fully saturated rings. The fourth-order valence-electron chi connectivity index (χ4n) is 0.391. The average Bonchev–Trinajstić information content (AvgIpc) is 1.85. The zero-order valence-corrected chi connectivity index (χ0v) is 6.87. The molecule has 0 N–H and O–H groups in total. The summed E-state index contributed by atoms with van der Waals surface area (Å²) >= 11 is 1.38. The number of hydrogen-bond acceptors (Lipinski definition) is 2. The second kappa shape index (κ2) is 5.92. The Morgan fingerprint density at radius 1 is 1.56 bits per heavy atom. The van der Waals surface area contributed by atoms with Crippen LogP contribution in [0.25, 0.3) is 0 Å². The molecule has 0 aromatic carbocycles. The van der Waals surface area contributed by atoms with E-state index in [1.165, 1.54) is 12.0 Å². The van der Waals surface area contributed by atoms with E-state index in [0.717, 1.165) is 4.91 Å². The largest absolute Gasteiger partial charge is 0.314 e. The molecule has 0 atom stereocenters. The van der Waals surface area contributed by atoms with Crippen molar-refractivity contribution in [1.82, 2.24) is 0 Å². The van der Waals surface area contributed by atoms with Gasteiger partial charge in [-0.25, -0.2) is 0 Å². The van der Waals surface area contributed by atoms with Crippen molar-refractivity contribution in [3.05, 3.63) is 23.1 Å². The maximum absolute atomic E-state index is 4.82. The molecule has 0 radical (unpaired) electrons. The molecule has 1 nitrogen and oxygen atoms in total. The molecule has 9 heavy (non-hydrogen) atoms. The van der Waals surface area contributed by atoms with Crippen LogP contribution in [0.5, 0.6) is 0 Å². The SMILES string of the molecule is C/C=C\C=C(/C)SOC. The summed E-state index contributed by atoms with van der Waals surface area (Å²) < 4.78 is 4.82. The quantitative estimate of drug-likeness (QED) is 0.445. The van der Waals surface area contributed by atoms with Crippen LogP contribution in [0.2, 0.25) is 0 Å². The molecule has 0 aliphatic heterocycles. The first-order valence-corrected chi connectivity index (χ1v) is 3.55. The Balaban J connectivity index is 3.55. The van der Waals surface area contributed by atoms with E-state index in [4.69, 9.17) is 4.18 Å². The van der Waals surface area contributed by atoms with Crippen molar-refractivity contribution in [1.29, 1.82) is 0 Å². The van der Waals surface area contributed by atoms with Crippen LogP contribution in [0.4, 0.5) is 0 Å². The molecule has 0 unspecified atom stereocenters. The van der Waals surface area contributed by atoms with Crippen molar-refractivity contribution in [2.75, 3.05) is 7.11 Å². The molecular weight excluding hydrogens is 132 g/mol. The molecule has 0 heterocycles. The van der Waals surface area contributed by atoms with Crippen molar-refractivity contribution in [3.8, 4) is 0 Å². The maximum atomic E-state index is 4.82. The lowest BCUT2D eigenvalue weighted by Gasteiger charge is -1.92. The molecule has 0 aliphatic carbocycles. The van der Waals surface area contributed by atoms with Gasteiger partial charge in [0.05, 0.1) is 7.11 Å². The van der Waals surface area contributed by atoms with E-state index in [0.29, 0.717) is 0 Å².